The van der Waals surface area contributed by atoms with Crippen molar-refractivity contribution in [2.24, 2.45) is 0 Å². The molecular weight excluding hydrogens is 392 g/mol. The Labute approximate surface area is 188 Å². The summed E-state index contributed by atoms with van der Waals surface area (Å²) in [4.78, 5) is 0. The van der Waals surface area contributed by atoms with E-state index in [9.17, 15) is 5.11 Å². The first-order chi connectivity index (χ1) is 15.2. The number of hydrogen-bond acceptors (Lipinski definition) is 5. The van der Waals surface area contributed by atoms with Crippen LogP contribution < -0.4 is 14.2 Å². The zero-order chi connectivity index (χ0) is 22.6. The fourth-order valence-corrected chi connectivity index (χ4v) is 2.85. The molecule has 0 atom stereocenters. The maximum Gasteiger partial charge on any atom is 0.161 e. The molecule has 0 saturated carbocycles. The van der Waals surface area contributed by atoms with Gasteiger partial charge < -0.3 is 24.4 Å². The van der Waals surface area contributed by atoms with E-state index in [0.717, 1.165) is 25.2 Å². The number of aliphatic hydroxyl groups excluding tert-OH is 1. The van der Waals surface area contributed by atoms with Gasteiger partial charge in [-0.1, -0.05) is 76.6 Å². The summed E-state index contributed by atoms with van der Waals surface area (Å²) in [6.07, 6.45) is 9.51. The van der Waals surface area contributed by atoms with Gasteiger partial charge in [-0.2, -0.15) is 0 Å². The molecule has 2 rings (SSSR count). The third kappa shape index (κ3) is 12.8. The van der Waals surface area contributed by atoms with E-state index < -0.39 is 0 Å². The summed E-state index contributed by atoms with van der Waals surface area (Å²) in [7, 11) is 0. The lowest BCUT2D eigenvalue weighted by molar-refractivity contribution is 0.193. The van der Waals surface area contributed by atoms with Crippen LogP contribution in [0.25, 0.3) is 0 Å². The van der Waals surface area contributed by atoms with Crippen molar-refractivity contribution in [2.45, 2.75) is 65.2 Å². The van der Waals surface area contributed by atoms with Crippen molar-refractivity contribution in [3.05, 3.63) is 48.5 Å². The number of phenols is 1. The molecule has 0 aromatic heterocycles. The fourth-order valence-electron chi connectivity index (χ4n) is 2.85. The number of aromatic hydroxyl groups is 1. The standard InChI is InChI=1S/C14H22O3.C12H18O2/c1-2-3-4-7-11-16-13-8-5-6-9-14(13)17-12-10-15;1-2-3-4-7-10-14-12-9-6-5-8-11(12)13/h5-6,8-9,15H,2-4,7,10-12H2,1H3;5-6,8-9,13H,2-4,7,10H2,1H3. The van der Waals surface area contributed by atoms with Crippen LogP contribution in [0.3, 0.4) is 0 Å². The maximum absolute atomic E-state index is 9.39. The zero-order valence-electron chi connectivity index (χ0n) is 19.2. The van der Waals surface area contributed by atoms with Crippen LogP contribution in [-0.4, -0.2) is 36.6 Å². The van der Waals surface area contributed by atoms with Gasteiger partial charge in [0.1, 0.15) is 6.61 Å². The number of ether oxygens (including phenoxy) is 3. The highest BCUT2D eigenvalue weighted by Crippen LogP contribution is 2.26. The molecule has 0 bridgehead atoms. The second kappa shape index (κ2) is 18.4. The summed E-state index contributed by atoms with van der Waals surface area (Å²) in [5.74, 6) is 2.28. The summed E-state index contributed by atoms with van der Waals surface area (Å²) >= 11 is 0. The van der Waals surface area contributed by atoms with E-state index in [0.29, 0.717) is 24.7 Å². The van der Waals surface area contributed by atoms with E-state index >= 15 is 0 Å². The Balaban J connectivity index is 0.000000316. The predicted molar refractivity (Wildman–Crippen MR) is 126 cm³/mol. The van der Waals surface area contributed by atoms with E-state index in [-0.39, 0.29) is 12.4 Å². The number of rotatable bonds is 15. The third-order valence-corrected chi connectivity index (χ3v) is 4.57. The van der Waals surface area contributed by atoms with Crippen LogP contribution >= 0.6 is 0 Å². The first kappa shape index (κ1) is 26.6. The first-order valence-corrected chi connectivity index (χ1v) is 11.6. The molecule has 0 aliphatic rings. The molecule has 5 nitrogen and oxygen atoms in total. The van der Waals surface area contributed by atoms with Gasteiger partial charge >= 0.3 is 0 Å². The Morgan fingerprint density at radius 2 is 1.03 bits per heavy atom. The number of unbranched alkanes of at least 4 members (excludes halogenated alkanes) is 6. The van der Waals surface area contributed by atoms with Crippen molar-refractivity contribution in [1.29, 1.82) is 0 Å². The fraction of sp³-hybridized carbons (Fsp3) is 0.538. The lowest BCUT2D eigenvalue weighted by Gasteiger charge is -2.11. The van der Waals surface area contributed by atoms with E-state index in [4.69, 9.17) is 19.3 Å². The number of phenolic OH excluding ortho intramolecular Hbond substituents is 1. The molecule has 2 N–H and O–H groups in total. The molecule has 0 spiro atoms. The lowest BCUT2D eigenvalue weighted by atomic mass is 10.2. The molecule has 174 valence electrons. The second-order valence-electron chi connectivity index (χ2n) is 7.30. The van der Waals surface area contributed by atoms with Gasteiger partial charge in [-0.25, -0.2) is 0 Å². The molecular formula is C26H40O5. The van der Waals surface area contributed by atoms with Crippen LogP contribution in [-0.2, 0) is 0 Å². The molecule has 0 heterocycles. The van der Waals surface area contributed by atoms with Crippen LogP contribution in [0, 0.1) is 0 Å². The van der Waals surface area contributed by atoms with Crippen molar-refractivity contribution >= 4 is 0 Å². The van der Waals surface area contributed by atoms with Gasteiger partial charge in [0.2, 0.25) is 0 Å². The average Bonchev–Trinajstić information content (AvgIpc) is 2.80. The van der Waals surface area contributed by atoms with Crippen molar-refractivity contribution < 1.29 is 24.4 Å². The molecule has 2 aromatic carbocycles. The van der Waals surface area contributed by atoms with Gasteiger partial charge in [0.15, 0.2) is 23.0 Å². The minimum absolute atomic E-state index is 0.0187. The van der Waals surface area contributed by atoms with Crippen LogP contribution in [0.1, 0.15) is 65.2 Å². The monoisotopic (exact) mass is 432 g/mol. The van der Waals surface area contributed by atoms with Crippen LogP contribution in [0.2, 0.25) is 0 Å². The smallest absolute Gasteiger partial charge is 0.161 e. The second-order valence-corrected chi connectivity index (χ2v) is 7.30. The Bertz CT molecular complexity index is 674. The SMILES string of the molecule is CCCCCCOc1ccccc1O.CCCCCCOc1ccccc1OCCO. The Morgan fingerprint density at radius 3 is 1.52 bits per heavy atom. The van der Waals surface area contributed by atoms with Gasteiger partial charge in [0.25, 0.3) is 0 Å². The average molecular weight is 433 g/mol. The summed E-state index contributed by atoms with van der Waals surface area (Å²) in [5, 5.41) is 18.1. The van der Waals surface area contributed by atoms with E-state index in [1.54, 1.807) is 18.2 Å². The van der Waals surface area contributed by atoms with E-state index in [2.05, 4.69) is 13.8 Å². The van der Waals surface area contributed by atoms with Crippen LogP contribution in [0.15, 0.2) is 48.5 Å². The van der Waals surface area contributed by atoms with Crippen molar-refractivity contribution in [1.82, 2.24) is 0 Å². The third-order valence-electron chi connectivity index (χ3n) is 4.57. The maximum atomic E-state index is 9.39. The number of benzene rings is 2. The number of aliphatic hydroxyl groups is 1. The van der Waals surface area contributed by atoms with Crippen LogP contribution in [0.4, 0.5) is 0 Å². The highest BCUT2D eigenvalue weighted by molar-refractivity contribution is 5.39. The first-order valence-electron chi connectivity index (χ1n) is 11.6. The van der Waals surface area contributed by atoms with Gasteiger partial charge in [-0.15, -0.1) is 0 Å². The minimum atomic E-state index is 0.0187. The molecule has 0 saturated heterocycles. The topological polar surface area (TPSA) is 68.2 Å². The quantitative estimate of drug-likeness (QED) is 0.320. The molecule has 2 aromatic rings. The molecule has 0 aliphatic heterocycles. The number of hydrogen-bond donors (Lipinski definition) is 2. The molecule has 0 fully saturated rings. The van der Waals surface area contributed by atoms with Crippen molar-refractivity contribution in [2.75, 3.05) is 26.4 Å². The molecule has 31 heavy (non-hydrogen) atoms. The van der Waals surface area contributed by atoms with E-state index in [1.165, 1.54) is 38.5 Å². The van der Waals surface area contributed by atoms with Gasteiger partial charge in [0.05, 0.1) is 19.8 Å². The van der Waals surface area contributed by atoms with Gasteiger partial charge in [-0.05, 0) is 37.1 Å². The zero-order valence-corrected chi connectivity index (χ0v) is 19.2. The number of para-hydroxylation sites is 4. The molecule has 0 amide bonds. The van der Waals surface area contributed by atoms with E-state index in [1.807, 2.05) is 30.3 Å². The van der Waals surface area contributed by atoms with Crippen molar-refractivity contribution in [3.63, 3.8) is 0 Å². The molecule has 5 heteroatoms. The molecule has 0 aliphatic carbocycles. The summed E-state index contributed by atoms with van der Waals surface area (Å²) in [6.45, 7) is 6.11. The highest BCUT2D eigenvalue weighted by atomic mass is 16.5. The molecule has 0 radical (unpaired) electrons. The largest absolute Gasteiger partial charge is 0.504 e. The summed E-state index contributed by atoms with van der Waals surface area (Å²) < 4.78 is 16.5. The summed E-state index contributed by atoms with van der Waals surface area (Å²) in [5.41, 5.74) is 0. The Hall–Kier alpha value is -2.40. The normalized spacial score (nSPS) is 10.2. The Morgan fingerprint density at radius 1 is 0.581 bits per heavy atom. The van der Waals surface area contributed by atoms with Crippen LogP contribution in [0.5, 0.6) is 23.0 Å². The van der Waals surface area contributed by atoms with Gasteiger partial charge in [-0.3, -0.25) is 0 Å². The summed E-state index contributed by atoms with van der Waals surface area (Å²) in [6, 6.07) is 14.7. The van der Waals surface area contributed by atoms with Crippen molar-refractivity contribution in [3.8, 4) is 23.0 Å². The minimum Gasteiger partial charge on any atom is -0.504 e. The lowest BCUT2D eigenvalue weighted by Crippen LogP contribution is -2.04. The highest BCUT2D eigenvalue weighted by Gasteiger charge is 2.03. The Kier molecular flexibility index (Phi) is 15.8. The predicted octanol–water partition coefficient (Wildman–Crippen LogP) is 6.37. The van der Waals surface area contributed by atoms with Gasteiger partial charge in [0, 0.05) is 0 Å². The molecule has 0 unspecified atom stereocenters.